The number of allylic oxidation sites excluding steroid dienone is 4. The van der Waals surface area contributed by atoms with E-state index in [0.717, 1.165) is 11.7 Å². The number of ether oxygens (including phenoxy) is 1. The van der Waals surface area contributed by atoms with Gasteiger partial charge in [-0.05, 0) is 48.8 Å². The first-order chi connectivity index (χ1) is 8.36. The van der Waals surface area contributed by atoms with Gasteiger partial charge in [0.1, 0.15) is 5.75 Å². The van der Waals surface area contributed by atoms with Crippen LogP contribution in [0.15, 0.2) is 48.1 Å². The maximum Gasteiger partial charge on any atom is 0.118 e. The number of fused-ring (bicyclic) bond motifs is 1. The molecule has 0 aromatic heterocycles. The Morgan fingerprint density at radius 3 is 2.65 bits per heavy atom. The Kier molecular flexibility index (Phi) is 2.76. The molecule has 17 heavy (non-hydrogen) atoms. The second-order valence-corrected chi connectivity index (χ2v) is 5.01. The van der Waals surface area contributed by atoms with E-state index < -0.39 is 0 Å². The monoisotopic (exact) mass is 226 g/mol. The molecule has 0 N–H and O–H groups in total. The minimum absolute atomic E-state index is 0.706. The van der Waals surface area contributed by atoms with Crippen molar-refractivity contribution < 1.29 is 4.74 Å². The van der Waals surface area contributed by atoms with E-state index >= 15 is 0 Å². The van der Waals surface area contributed by atoms with Gasteiger partial charge in [-0.15, -0.1) is 0 Å². The zero-order valence-electron chi connectivity index (χ0n) is 10.2. The predicted octanol–water partition coefficient (Wildman–Crippen LogP) is 4.08. The van der Waals surface area contributed by atoms with Gasteiger partial charge in [-0.25, -0.2) is 0 Å². The summed E-state index contributed by atoms with van der Waals surface area (Å²) in [4.78, 5) is 0. The van der Waals surface area contributed by atoms with Gasteiger partial charge in [-0.1, -0.05) is 35.9 Å². The highest BCUT2D eigenvalue weighted by molar-refractivity contribution is 5.34. The highest BCUT2D eigenvalue weighted by atomic mass is 16.5. The summed E-state index contributed by atoms with van der Waals surface area (Å²) in [5.74, 6) is 2.45. The second kappa shape index (κ2) is 4.40. The second-order valence-electron chi connectivity index (χ2n) is 5.01. The van der Waals surface area contributed by atoms with Crippen molar-refractivity contribution in [2.75, 3.05) is 7.11 Å². The molecule has 88 valence electrons. The summed E-state index contributed by atoms with van der Waals surface area (Å²) in [5, 5.41) is 0. The maximum atomic E-state index is 5.21. The Morgan fingerprint density at radius 2 is 1.94 bits per heavy atom. The number of rotatable bonds is 2. The molecule has 2 atom stereocenters. The van der Waals surface area contributed by atoms with Crippen molar-refractivity contribution in [2.24, 2.45) is 5.92 Å². The molecule has 1 aromatic carbocycles. The summed E-state index contributed by atoms with van der Waals surface area (Å²) in [7, 11) is 1.72. The first-order valence-electron chi connectivity index (χ1n) is 6.36. The maximum absolute atomic E-state index is 5.21. The first-order valence-corrected chi connectivity index (χ1v) is 6.36. The number of hydrogen-bond donors (Lipinski definition) is 0. The summed E-state index contributed by atoms with van der Waals surface area (Å²) < 4.78 is 5.21. The third-order valence-corrected chi connectivity index (χ3v) is 4.03. The molecule has 1 saturated carbocycles. The van der Waals surface area contributed by atoms with Crippen LogP contribution in [-0.4, -0.2) is 7.11 Å². The van der Waals surface area contributed by atoms with Crippen LogP contribution in [0.25, 0.3) is 0 Å². The van der Waals surface area contributed by atoms with Gasteiger partial charge >= 0.3 is 0 Å². The van der Waals surface area contributed by atoms with E-state index in [-0.39, 0.29) is 0 Å². The van der Waals surface area contributed by atoms with Gasteiger partial charge in [-0.2, -0.15) is 0 Å². The van der Waals surface area contributed by atoms with Crippen molar-refractivity contribution in [2.45, 2.75) is 25.2 Å². The predicted molar refractivity (Wildman–Crippen MR) is 70.3 cm³/mol. The average Bonchev–Trinajstić information content (AvgIpc) is 2.82. The molecule has 0 aliphatic heterocycles. The fraction of sp³-hybridized carbons (Fsp3) is 0.375. The zero-order valence-corrected chi connectivity index (χ0v) is 10.2. The van der Waals surface area contributed by atoms with Crippen molar-refractivity contribution in [3.8, 4) is 5.75 Å². The molecule has 0 amide bonds. The lowest BCUT2D eigenvalue weighted by atomic mass is 9.94. The van der Waals surface area contributed by atoms with Gasteiger partial charge < -0.3 is 4.74 Å². The number of hydrogen-bond acceptors (Lipinski definition) is 1. The Hall–Kier alpha value is -1.50. The SMILES string of the molecule is COc1ccc(C2CC3=CC=CCC3C2)cc1. The van der Waals surface area contributed by atoms with E-state index in [2.05, 4.69) is 42.5 Å². The normalized spacial score (nSPS) is 26.5. The molecular formula is C16H18O. The quantitative estimate of drug-likeness (QED) is 0.738. The van der Waals surface area contributed by atoms with E-state index in [0.29, 0.717) is 5.92 Å². The fourth-order valence-corrected chi connectivity index (χ4v) is 3.05. The molecule has 2 unspecified atom stereocenters. The van der Waals surface area contributed by atoms with Crippen LogP contribution in [0.3, 0.4) is 0 Å². The molecule has 2 aliphatic carbocycles. The Labute approximate surface area is 103 Å². The van der Waals surface area contributed by atoms with Gasteiger partial charge in [0, 0.05) is 0 Å². The van der Waals surface area contributed by atoms with Crippen LogP contribution >= 0.6 is 0 Å². The Morgan fingerprint density at radius 1 is 1.12 bits per heavy atom. The molecule has 1 heteroatoms. The minimum Gasteiger partial charge on any atom is -0.497 e. The molecule has 1 aromatic rings. The molecule has 3 rings (SSSR count). The summed E-state index contributed by atoms with van der Waals surface area (Å²) in [6.45, 7) is 0. The lowest BCUT2D eigenvalue weighted by Crippen LogP contribution is -1.98. The van der Waals surface area contributed by atoms with Crippen LogP contribution in [0.2, 0.25) is 0 Å². The molecule has 1 fully saturated rings. The average molecular weight is 226 g/mol. The largest absolute Gasteiger partial charge is 0.497 e. The van der Waals surface area contributed by atoms with E-state index in [1.165, 1.54) is 24.8 Å². The fourth-order valence-electron chi connectivity index (χ4n) is 3.05. The third-order valence-electron chi connectivity index (χ3n) is 4.03. The Balaban J connectivity index is 1.78. The number of methoxy groups -OCH3 is 1. The van der Waals surface area contributed by atoms with Gasteiger partial charge in [0.15, 0.2) is 0 Å². The first kappa shape index (κ1) is 10.6. The van der Waals surface area contributed by atoms with Crippen molar-refractivity contribution in [3.63, 3.8) is 0 Å². The van der Waals surface area contributed by atoms with Crippen LogP contribution in [0.4, 0.5) is 0 Å². The van der Waals surface area contributed by atoms with E-state index in [4.69, 9.17) is 4.74 Å². The molecule has 1 nitrogen and oxygen atoms in total. The standard InChI is InChI=1S/C16H18O/c1-17-16-8-6-12(7-9-16)15-10-13-4-2-3-5-14(13)11-15/h2-4,6-9,14-15H,5,10-11H2,1H3. The summed E-state index contributed by atoms with van der Waals surface area (Å²) >= 11 is 0. The highest BCUT2D eigenvalue weighted by Crippen LogP contribution is 2.45. The summed E-state index contributed by atoms with van der Waals surface area (Å²) in [6.07, 6.45) is 10.6. The molecule has 0 radical (unpaired) electrons. The van der Waals surface area contributed by atoms with E-state index in [1.807, 2.05) is 0 Å². The van der Waals surface area contributed by atoms with Gasteiger partial charge in [-0.3, -0.25) is 0 Å². The highest BCUT2D eigenvalue weighted by Gasteiger charge is 2.29. The van der Waals surface area contributed by atoms with Crippen LogP contribution in [0.1, 0.15) is 30.7 Å². The molecule has 0 heterocycles. The van der Waals surface area contributed by atoms with Crippen molar-refractivity contribution in [1.29, 1.82) is 0 Å². The topological polar surface area (TPSA) is 9.23 Å². The van der Waals surface area contributed by atoms with Gasteiger partial charge in [0.2, 0.25) is 0 Å². The zero-order chi connectivity index (χ0) is 11.7. The summed E-state index contributed by atoms with van der Waals surface area (Å²) in [5.41, 5.74) is 3.11. The van der Waals surface area contributed by atoms with Crippen LogP contribution in [0, 0.1) is 5.92 Å². The lowest BCUT2D eigenvalue weighted by molar-refractivity contribution is 0.414. The molecule has 2 aliphatic rings. The molecule has 0 bridgehead atoms. The van der Waals surface area contributed by atoms with Gasteiger partial charge in [0.05, 0.1) is 7.11 Å². The van der Waals surface area contributed by atoms with Gasteiger partial charge in [0.25, 0.3) is 0 Å². The lowest BCUT2D eigenvalue weighted by Gasteiger charge is -2.12. The Bertz CT molecular complexity index is 453. The van der Waals surface area contributed by atoms with Crippen LogP contribution in [-0.2, 0) is 0 Å². The number of benzene rings is 1. The molecular weight excluding hydrogens is 208 g/mol. The minimum atomic E-state index is 0.706. The van der Waals surface area contributed by atoms with Crippen molar-refractivity contribution >= 4 is 0 Å². The van der Waals surface area contributed by atoms with Crippen molar-refractivity contribution in [3.05, 3.63) is 53.6 Å². The smallest absolute Gasteiger partial charge is 0.118 e. The third kappa shape index (κ3) is 2.02. The van der Waals surface area contributed by atoms with Crippen LogP contribution < -0.4 is 4.74 Å². The van der Waals surface area contributed by atoms with Crippen LogP contribution in [0.5, 0.6) is 5.75 Å². The molecule has 0 spiro atoms. The summed E-state index contributed by atoms with van der Waals surface area (Å²) in [6, 6.07) is 8.58. The van der Waals surface area contributed by atoms with E-state index in [1.54, 1.807) is 12.7 Å². The van der Waals surface area contributed by atoms with Crippen molar-refractivity contribution in [1.82, 2.24) is 0 Å². The molecule has 0 saturated heterocycles. The van der Waals surface area contributed by atoms with E-state index in [9.17, 15) is 0 Å².